The lowest BCUT2D eigenvalue weighted by molar-refractivity contribution is -0.137. The molecule has 1 aliphatic rings. The van der Waals surface area contributed by atoms with Gasteiger partial charge in [0.1, 0.15) is 18.2 Å². The van der Waals surface area contributed by atoms with E-state index >= 15 is 0 Å². The molecule has 1 aromatic carbocycles. The Morgan fingerprint density at radius 2 is 2.21 bits per heavy atom. The van der Waals surface area contributed by atoms with Crippen LogP contribution >= 0.6 is 0 Å². The Morgan fingerprint density at radius 3 is 2.97 bits per heavy atom. The molecular formula is C20H23F3N6. The van der Waals surface area contributed by atoms with Gasteiger partial charge in [0.2, 0.25) is 0 Å². The Labute approximate surface area is 167 Å². The van der Waals surface area contributed by atoms with E-state index in [1.165, 1.54) is 6.07 Å². The van der Waals surface area contributed by atoms with Gasteiger partial charge in [0.15, 0.2) is 5.96 Å². The monoisotopic (exact) mass is 404 g/mol. The van der Waals surface area contributed by atoms with Gasteiger partial charge in [-0.05, 0) is 44.9 Å². The lowest BCUT2D eigenvalue weighted by Crippen LogP contribution is -2.41. The third-order valence-corrected chi connectivity index (χ3v) is 4.37. The number of nitrogens with one attached hydrogen (secondary N) is 2. The van der Waals surface area contributed by atoms with Gasteiger partial charge in [-0.1, -0.05) is 17.9 Å². The zero-order valence-corrected chi connectivity index (χ0v) is 16.3. The molecule has 2 aromatic rings. The first-order valence-corrected chi connectivity index (χ1v) is 9.49. The van der Waals surface area contributed by atoms with Gasteiger partial charge < -0.3 is 10.6 Å². The fourth-order valence-corrected chi connectivity index (χ4v) is 3.12. The first kappa shape index (κ1) is 20.7. The van der Waals surface area contributed by atoms with Crippen LogP contribution in [-0.4, -0.2) is 33.8 Å². The number of benzene rings is 1. The molecule has 0 amide bonds. The lowest BCUT2D eigenvalue weighted by Gasteiger charge is -2.24. The molecule has 1 atom stereocenters. The maximum Gasteiger partial charge on any atom is 0.416 e. The van der Waals surface area contributed by atoms with E-state index in [2.05, 4.69) is 37.5 Å². The van der Waals surface area contributed by atoms with Gasteiger partial charge in [0.05, 0.1) is 11.6 Å². The molecule has 1 unspecified atom stereocenters. The maximum absolute atomic E-state index is 12.8. The SMILES string of the molecule is CCNC(=NCC#Cc1cccc(C(F)(F)F)c1)NC1CCCn2nc(C)nc21. The van der Waals surface area contributed by atoms with E-state index in [0.717, 1.165) is 43.2 Å². The minimum Gasteiger partial charge on any atom is -0.357 e. The van der Waals surface area contributed by atoms with Crippen LogP contribution in [0, 0.1) is 18.8 Å². The fraction of sp³-hybridized carbons (Fsp3) is 0.450. The third kappa shape index (κ3) is 5.50. The highest BCUT2D eigenvalue weighted by Crippen LogP contribution is 2.29. The number of nitrogens with zero attached hydrogens (tertiary/aromatic N) is 4. The van der Waals surface area contributed by atoms with Crippen molar-refractivity contribution in [2.24, 2.45) is 4.99 Å². The normalized spacial score (nSPS) is 16.6. The number of rotatable bonds is 3. The summed E-state index contributed by atoms with van der Waals surface area (Å²) in [5.74, 6) is 7.76. The van der Waals surface area contributed by atoms with Crippen molar-refractivity contribution in [2.45, 2.75) is 45.5 Å². The van der Waals surface area contributed by atoms with Gasteiger partial charge in [0, 0.05) is 18.7 Å². The van der Waals surface area contributed by atoms with E-state index in [1.807, 2.05) is 18.5 Å². The number of aromatic nitrogens is 3. The summed E-state index contributed by atoms with van der Waals surface area (Å²) in [5, 5.41) is 10.9. The largest absolute Gasteiger partial charge is 0.416 e. The van der Waals surface area contributed by atoms with Crippen LogP contribution in [0.3, 0.4) is 0 Å². The summed E-state index contributed by atoms with van der Waals surface area (Å²) in [6.45, 7) is 5.50. The summed E-state index contributed by atoms with van der Waals surface area (Å²) >= 11 is 0. The zero-order chi connectivity index (χ0) is 20.9. The topological polar surface area (TPSA) is 67.1 Å². The van der Waals surface area contributed by atoms with Crippen molar-refractivity contribution >= 4 is 5.96 Å². The molecule has 0 bridgehead atoms. The first-order valence-electron chi connectivity index (χ1n) is 9.49. The van der Waals surface area contributed by atoms with Crippen LogP contribution in [0.2, 0.25) is 0 Å². The molecule has 29 heavy (non-hydrogen) atoms. The van der Waals surface area contributed by atoms with Crippen LogP contribution in [-0.2, 0) is 12.7 Å². The second-order valence-electron chi connectivity index (χ2n) is 6.66. The maximum atomic E-state index is 12.8. The average molecular weight is 404 g/mol. The molecule has 0 saturated heterocycles. The van der Waals surface area contributed by atoms with Crippen molar-refractivity contribution in [1.82, 2.24) is 25.4 Å². The number of guanidine groups is 1. The number of halogens is 3. The first-order chi connectivity index (χ1) is 13.9. The molecule has 0 spiro atoms. The van der Waals surface area contributed by atoms with Gasteiger partial charge in [0.25, 0.3) is 0 Å². The second-order valence-corrected chi connectivity index (χ2v) is 6.66. The van der Waals surface area contributed by atoms with Gasteiger partial charge in [-0.25, -0.2) is 14.7 Å². The minimum atomic E-state index is -4.38. The zero-order valence-electron chi connectivity index (χ0n) is 16.3. The van der Waals surface area contributed by atoms with Crippen LogP contribution in [0.15, 0.2) is 29.3 Å². The summed E-state index contributed by atoms with van der Waals surface area (Å²) in [6.07, 6.45) is -2.47. The Hall–Kier alpha value is -3.02. The molecule has 154 valence electrons. The Balaban J connectivity index is 1.68. The standard InChI is InChI=1S/C20H23F3N6/c1-3-24-19(27-17-10-6-12-29-18(17)26-14(2)28-29)25-11-5-8-15-7-4-9-16(13-15)20(21,22)23/h4,7,9,13,17H,3,6,10-12H2,1-2H3,(H2,24,25,27). The van der Waals surface area contributed by atoms with Crippen molar-refractivity contribution in [3.63, 3.8) is 0 Å². The highest BCUT2D eigenvalue weighted by atomic mass is 19.4. The number of aliphatic imine (C=N–C) groups is 1. The minimum absolute atomic E-state index is 0.000763. The van der Waals surface area contributed by atoms with Crippen LogP contribution in [0.4, 0.5) is 13.2 Å². The highest BCUT2D eigenvalue weighted by Gasteiger charge is 2.30. The fourth-order valence-electron chi connectivity index (χ4n) is 3.12. The van der Waals surface area contributed by atoms with Crippen molar-refractivity contribution in [3.05, 3.63) is 47.0 Å². The molecule has 0 fully saturated rings. The summed E-state index contributed by atoms with van der Waals surface area (Å²) < 4.78 is 40.2. The molecule has 3 rings (SSSR count). The quantitative estimate of drug-likeness (QED) is 0.469. The van der Waals surface area contributed by atoms with E-state index in [0.29, 0.717) is 18.1 Å². The molecule has 6 nitrogen and oxygen atoms in total. The van der Waals surface area contributed by atoms with E-state index < -0.39 is 11.7 Å². The van der Waals surface area contributed by atoms with E-state index in [-0.39, 0.29) is 12.6 Å². The predicted octanol–water partition coefficient (Wildman–Crippen LogP) is 3.05. The number of fused-ring (bicyclic) bond motifs is 1. The average Bonchev–Trinajstić information content (AvgIpc) is 3.06. The van der Waals surface area contributed by atoms with Gasteiger partial charge in [-0.15, -0.1) is 0 Å². The Bertz CT molecular complexity index is 936. The summed E-state index contributed by atoms with van der Waals surface area (Å²) in [6, 6.07) is 4.97. The smallest absolute Gasteiger partial charge is 0.357 e. The Morgan fingerprint density at radius 1 is 1.38 bits per heavy atom. The van der Waals surface area contributed by atoms with Gasteiger partial charge >= 0.3 is 6.18 Å². The highest BCUT2D eigenvalue weighted by molar-refractivity contribution is 5.80. The van der Waals surface area contributed by atoms with Crippen molar-refractivity contribution in [1.29, 1.82) is 0 Å². The molecule has 1 aromatic heterocycles. The van der Waals surface area contributed by atoms with Crippen LogP contribution in [0.1, 0.15) is 48.6 Å². The molecule has 1 aliphatic heterocycles. The molecule has 2 N–H and O–H groups in total. The van der Waals surface area contributed by atoms with Crippen LogP contribution in [0.5, 0.6) is 0 Å². The van der Waals surface area contributed by atoms with Crippen molar-refractivity contribution < 1.29 is 13.2 Å². The van der Waals surface area contributed by atoms with E-state index in [4.69, 9.17) is 0 Å². The number of hydrogen-bond donors (Lipinski definition) is 2. The summed E-state index contributed by atoms with van der Waals surface area (Å²) in [5.41, 5.74) is -0.400. The number of hydrogen-bond acceptors (Lipinski definition) is 3. The predicted molar refractivity (Wildman–Crippen MR) is 104 cm³/mol. The molecule has 2 heterocycles. The third-order valence-electron chi connectivity index (χ3n) is 4.37. The summed E-state index contributed by atoms with van der Waals surface area (Å²) in [7, 11) is 0. The second kappa shape index (κ2) is 8.99. The van der Waals surface area contributed by atoms with Crippen LogP contribution < -0.4 is 10.6 Å². The molecule has 0 saturated carbocycles. The van der Waals surface area contributed by atoms with Crippen molar-refractivity contribution in [3.8, 4) is 11.8 Å². The lowest BCUT2D eigenvalue weighted by atomic mass is 10.1. The molecule has 0 aliphatic carbocycles. The van der Waals surface area contributed by atoms with E-state index in [1.54, 1.807) is 6.07 Å². The van der Waals surface area contributed by atoms with Gasteiger partial charge in [-0.3, -0.25) is 0 Å². The Kier molecular flexibility index (Phi) is 6.42. The van der Waals surface area contributed by atoms with Crippen LogP contribution in [0.25, 0.3) is 0 Å². The van der Waals surface area contributed by atoms with E-state index in [9.17, 15) is 13.2 Å². The number of aryl methyl sites for hydroxylation is 2. The molecular weight excluding hydrogens is 381 g/mol. The van der Waals surface area contributed by atoms with Gasteiger partial charge in [-0.2, -0.15) is 18.3 Å². The number of alkyl halides is 3. The molecule has 0 radical (unpaired) electrons. The summed E-state index contributed by atoms with van der Waals surface area (Å²) in [4.78, 5) is 8.91. The van der Waals surface area contributed by atoms with Crippen molar-refractivity contribution in [2.75, 3.05) is 13.1 Å². The molecule has 9 heteroatoms.